The zero-order chi connectivity index (χ0) is 18.2. The number of hydrogen-bond donors (Lipinski definition) is 0. The van der Waals surface area contributed by atoms with Crippen molar-refractivity contribution in [2.24, 2.45) is 11.8 Å². The maximum atomic E-state index is 13.2. The lowest BCUT2D eigenvalue weighted by atomic mass is 9.94. The Hall–Kier alpha value is -1.60. The van der Waals surface area contributed by atoms with Crippen LogP contribution in [0, 0.1) is 11.8 Å². The Kier molecular flexibility index (Phi) is 5.06. The Morgan fingerprint density at radius 2 is 1.80 bits per heavy atom. The van der Waals surface area contributed by atoms with Crippen LogP contribution in [0.15, 0.2) is 23.1 Å². The van der Waals surface area contributed by atoms with E-state index < -0.39 is 10.0 Å². The fourth-order valence-corrected chi connectivity index (χ4v) is 5.52. The first-order valence-corrected chi connectivity index (χ1v) is 10.2. The quantitative estimate of drug-likeness (QED) is 0.819. The lowest BCUT2D eigenvalue weighted by Crippen LogP contribution is -2.43. The third kappa shape index (κ3) is 3.53. The zero-order valence-corrected chi connectivity index (χ0v) is 15.9. The third-order valence-electron chi connectivity index (χ3n) is 5.01. The second-order valence-electron chi connectivity index (χ2n) is 7.28. The molecule has 2 aliphatic heterocycles. The average molecular weight is 366 g/mol. The van der Waals surface area contributed by atoms with Crippen LogP contribution < -0.4 is 4.74 Å². The van der Waals surface area contributed by atoms with Crippen molar-refractivity contribution in [3.05, 3.63) is 23.8 Å². The fourth-order valence-electron chi connectivity index (χ4n) is 3.65. The van der Waals surface area contributed by atoms with Crippen molar-refractivity contribution in [1.29, 1.82) is 0 Å². The Balaban J connectivity index is 1.97. The monoisotopic (exact) mass is 366 g/mol. The molecule has 2 fully saturated rings. The summed E-state index contributed by atoms with van der Waals surface area (Å²) in [6.07, 6.45) is 2.02. The molecule has 1 aromatic carbocycles. The van der Waals surface area contributed by atoms with Gasteiger partial charge in [-0.1, -0.05) is 13.8 Å². The molecular weight excluding hydrogens is 340 g/mol. The first-order chi connectivity index (χ1) is 11.8. The van der Waals surface area contributed by atoms with Crippen molar-refractivity contribution in [2.45, 2.75) is 31.6 Å². The van der Waals surface area contributed by atoms with Gasteiger partial charge in [0.05, 0.1) is 7.11 Å². The van der Waals surface area contributed by atoms with E-state index in [-0.39, 0.29) is 16.6 Å². The van der Waals surface area contributed by atoms with Crippen LogP contribution in [0.4, 0.5) is 0 Å². The smallest absolute Gasteiger partial charge is 0.253 e. The van der Waals surface area contributed by atoms with Crippen LogP contribution in [0.2, 0.25) is 0 Å². The minimum absolute atomic E-state index is 0.0858. The number of methoxy groups -OCH3 is 1. The lowest BCUT2D eigenvalue weighted by molar-refractivity contribution is 0.0651. The normalized spacial score (nSPS) is 24.7. The van der Waals surface area contributed by atoms with E-state index in [0.29, 0.717) is 30.5 Å². The van der Waals surface area contributed by atoms with Gasteiger partial charge >= 0.3 is 0 Å². The maximum absolute atomic E-state index is 13.2. The van der Waals surface area contributed by atoms with E-state index in [9.17, 15) is 13.2 Å². The minimum Gasteiger partial charge on any atom is -0.495 e. The molecule has 0 aromatic heterocycles. The molecule has 2 atom stereocenters. The number of piperidine rings is 1. The topological polar surface area (TPSA) is 66.9 Å². The Labute approximate surface area is 149 Å². The van der Waals surface area contributed by atoms with Crippen molar-refractivity contribution in [2.75, 3.05) is 33.3 Å². The first-order valence-electron chi connectivity index (χ1n) is 8.80. The first kappa shape index (κ1) is 18.2. The molecule has 0 spiro atoms. The molecule has 0 N–H and O–H groups in total. The molecule has 6 nitrogen and oxygen atoms in total. The summed E-state index contributed by atoms with van der Waals surface area (Å²) >= 11 is 0. The van der Waals surface area contributed by atoms with Crippen LogP contribution in [0.3, 0.4) is 0 Å². The molecule has 0 bridgehead atoms. The number of rotatable bonds is 4. The van der Waals surface area contributed by atoms with Crippen LogP contribution in [-0.4, -0.2) is 56.8 Å². The molecule has 0 saturated carbocycles. The summed E-state index contributed by atoms with van der Waals surface area (Å²) in [5.41, 5.74) is 0.400. The van der Waals surface area contributed by atoms with Crippen LogP contribution >= 0.6 is 0 Å². The van der Waals surface area contributed by atoms with Gasteiger partial charge in [0, 0.05) is 31.7 Å². The summed E-state index contributed by atoms with van der Waals surface area (Å²) in [5.74, 6) is 0.794. The highest BCUT2D eigenvalue weighted by Crippen LogP contribution is 2.32. The van der Waals surface area contributed by atoms with Crippen molar-refractivity contribution < 1.29 is 17.9 Å². The summed E-state index contributed by atoms with van der Waals surface area (Å²) < 4.78 is 33.2. The Morgan fingerprint density at radius 1 is 1.16 bits per heavy atom. The van der Waals surface area contributed by atoms with Gasteiger partial charge in [-0.25, -0.2) is 8.42 Å². The second kappa shape index (κ2) is 6.96. The molecule has 2 unspecified atom stereocenters. The third-order valence-corrected chi connectivity index (χ3v) is 6.86. The van der Waals surface area contributed by atoms with Gasteiger partial charge in [-0.3, -0.25) is 4.79 Å². The van der Waals surface area contributed by atoms with Gasteiger partial charge in [0.1, 0.15) is 10.6 Å². The second-order valence-corrected chi connectivity index (χ2v) is 9.19. The van der Waals surface area contributed by atoms with E-state index >= 15 is 0 Å². The summed E-state index contributed by atoms with van der Waals surface area (Å²) in [5, 5.41) is 0. The van der Waals surface area contributed by atoms with Crippen LogP contribution in [0.5, 0.6) is 5.75 Å². The molecule has 0 radical (unpaired) electrons. The molecular formula is C18H26N2O4S. The maximum Gasteiger partial charge on any atom is 0.253 e. The van der Waals surface area contributed by atoms with Gasteiger partial charge in [0.2, 0.25) is 10.0 Å². The summed E-state index contributed by atoms with van der Waals surface area (Å²) in [4.78, 5) is 14.3. The van der Waals surface area contributed by atoms with E-state index in [1.54, 1.807) is 17.0 Å². The molecule has 1 amide bonds. The molecule has 2 aliphatic rings. The highest BCUT2D eigenvalue weighted by atomic mass is 32.2. The molecule has 2 saturated heterocycles. The molecule has 2 heterocycles. The van der Waals surface area contributed by atoms with Gasteiger partial charge in [-0.2, -0.15) is 4.31 Å². The van der Waals surface area contributed by atoms with Crippen molar-refractivity contribution in [3.8, 4) is 5.75 Å². The molecule has 3 rings (SSSR count). The number of amides is 1. The highest BCUT2D eigenvalue weighted by molar-refractivity contribution is 7.89. The number of nitrogens with zero attached hydrogens (tertiary/aromatic N) is 2. The summed E-state index contributed by atoms with van der Waals surface area (Å²) in [6, 6.07) is 4.69. The van der Waals surface area contributed by atoms with E-state index in [2.05, 4.69) is 13.8 Å². The number of hydrogen-bond acceptors (Lipinski definition) is 4. The number of benzene rings is 1. The number of carbonyl (C=O) groups excluding carboxylic acids is 1. The number of likely N-dealkylation sites (tertiary alicyclic amines) is 1. The zero-order valence-electron chi connectivity index (χ0n) is 15.1. The van der Waals surface area contributed by atoms with Crippen LogP contribution in [0.25, 0.3) is 0 Å². The highest BCUT2D eigenvalue weighted by Gasteiger charge is 2.34. The molecule has 0 aliphatic carbocycles. The largest absolute Gasteiger partial charge is 0.495 e. The molecule has 7 heteroatoms. The number of ether oxygens (including phenoxy) is 1. The van der Waals surface area contributed by atoms with Crippen LogP contribution in [0.1, 0.15) is 37.0 Å². The van der Waals surface area contributed by atoms with E-state index in [4.69, 9.17) is 4.74 Å². The summed E-state index contributed by atoms with van der Waals surface area (Å²) in [7, 11) is -2.25. The Bertz CT molecular complexity index is 748. The van der Waals surface area contributed by atoms with Gasteiger partial charge in [-0.15, -0.1) is 0 Å². The van der Waals surface area contributed by atoms with Crippen molar-refractivity contribution in [1.82, 2.24) is 9.21 Å². The van der Waals surface area contributed by atoms with E-state index in [1.807, 2.05) is 0 Å². The molecule has 25 heavy (non-hydrogen) atoms. The van der Waals surface area contributed by atoms with Gasteiger partial charge in [0.15, 0.2) is 0 Å². The van der Waals surface area contributed by atoms with Gasteiger partial charge < -0.3 is 9.64 Å². The van der Waals surface area contributed by atoms with E-state index in [0.717, 1.165) is 25.9 Å². The predicted molar refractivity (Wildman–Crippen MR) is 95.2 cm³/mol. The molecule has 138 valence electrons. The lowest BCUT2D eigenvalue weighted by Gasteiger charge is -2.34. The standard InChI is InChI=1S/C18H26N2O4S/c1-13-9-14(2)12-20(11-13)25(22,23)17-10-15(5-6-16(17)24-3)18(21)19-7-4-8-19/h5-6,10,13-14H,4,7-9,11-12H2,1-3H3. The Morgan fingerprint density at radius 3 is 2.32 bits per heavy atom. The van der Waals surface area contributed by atoms with Crippen molar-refractivity contribution >= 4 is 15.9 Å². The number of carbonyl (C=O) groups is 1. The molecule has 1 aromatic rings. The average Bonchev–Trinajstić information content (AvgIpc) is 2.51. The van der Waals surface area contributed by atoms with Gasteiger partial charge in [0.25, 0.3) is 5.91 Å². The van der Waals surface area contributed by atoms with Gasteiger partial charge in [-0.05, 0) is 42.9 Å². The van der Waals surface area contributed by atoms with Crippen molar-refractivity contribution in [3.63, 3.8) is 0 Å². The number of sulfonamides is 1. The SMILES string of the molecule is COc1ccc(C(=O)N2CCC2)cc1S(=O)(=O)N1CC(C)CC(C)C1. The summed E-state index contributed by atoms with van der Waals surface area (Å²) in [6.45, 7) is 6.60. The minimum atomic E-state index is -3.70. The fraction of sp³-hybridized carbons (Fsp3) is 0.611. The van der Waals surface area contributed by atoms with Crippen LogP contribution in [-0.2, 0) is 10.0 Å². The predicted octanol–water partition coefficient (Wildman–Crippen LogP) is 2.21. The van der Waals surface area contributed by atoms with E-state index in [1.165, 1.54) is 17.5 Å².